The first-order valence-corrected chi connectivity index (χ1v) is 9.34. The second kappa shape index (κ2) is 7.67. The lowest BCUT2D eigenvalue weighted by molar-refractivity contribution is 0.0836. The Hall–Kier alpha value is -3.07. The summed E-state index contributed by atoms with van der Waals surface area (Å²) in [5, 5.41) is 0. The van der Waals surface area contributed by atoms with Crippen LogP contribution in [-0.2, 0) is 17.8 Å². The molecular weight excluding hydrogens is 334 g/mol. The third kappa shape index (κ3) is 3.59. The summed E-state index contributed by atoms with van der Waals surface area (Å²) in [5.41, 5.74) is 5.82. The summed E-state index contributed by atoms with van der Waals surface area (Å²) >= 11 is 0. The highest BCUT2D eigenvalue weighted by Gasteiger charge is 2.33. The zero-order valence-electron chi connectivity index (χ0n) is 15.5. The SMILES string of the molecule is Cc1ccccc1C1c2ccccc2CCN1C(=O)OCc1ccccc1. The molecule has 1 heterocycles. The van der Waals surface area contributed by atoms with Crippen molar-refractivity contribution in [1.82, 2.24) is 4.90 Å². The van der Waals surface area contributed by atoms with E-state index < -0.39 is 0 Å². The standard InChI is InChI=1S/C24H23NO2/c1-18-9-5-7-13-21(18)23-22-14-8-6-12-20(22)15-16-25(23)24(26)27-17-19-10-3-2-4-11-19/h2-14,23H,15-17H2,1H3. The summed E-state index contributed by atoms with van der Waals surface area (Å²) < 4.78 is 5.66. The number of benzene rings is 3. The van der Waals surface area contributed by atoms with E-state index in [2.05, 4.69) is 37.3 Å². The van der Waals surface area contributed by atoms with Crippen LogP contribution in [0.3, 0.4) is 0 Å². The Balaban J connectivity index is 1.64. The summed E-state index contributed by atoms with van der Waals surface area (Å²) in [6, 6.07) is 26.4. The normalized spacial score (nSPS) is 15.9. The molecule has 0 radical (unpaired) electrons. The van der Waals surface area contributed by atoms with Crippen molar-refractivity contribution in [2.24, 2.45) is 0 Å². The molecule has 1 aliphatic heterocycles. The average Bonchev–Trinajstić information content (AvgIpc) is 2.72. The van der Waals surface area contributed by atoms with Gasteiger partial charge in [0, 0.05) is 6.54 Å². The Morgan fingerprint density at radius 3 is 2.37 bits per heavy atom. The minimum Gasteiger partial charge on any atom is -0.445 e. The summed E-state index contributed by atoms with van der Waals surface area (Å²) in [7, 11) is 0. The topological polar surface area (TPSA) is 29.5 Å². The molecule has 0 saturated carbocycles. The number of carbonyl (C=O) groups is 1. The number of nitrogens with zero attached hydrogens (tertiary/aromatic N) is 1. The molecule has 1 amide bonds. The number of aryl methyl sites for hydroxylation is 1. The van der Waals surface area contributed by atoms with Gasteiger partial charge in [-0.2, -0.15) is 0 Å². The van der Waals surface area contributed by atoms with Gasteiger partial charge >= 0.3 is 6.09 Å². The monoisotopic (exact) mass is 357 g/mol. The van der Waals surface area contributed by atoms with E-state index in [1.807, 2.05) is 53.4 Å². The summed E-state index contributed by atoms with van der Waals surface area (Å²) in [5.74, 6) is 0. The first kappa shape index (κ1) is 17.3. The largest absolute Gasteiger partial charge is 0.445 e. The zero-order chi connectivity index (χ0) is 18.6. The predicted octanol–water partition coefficient (Wildman–Crippen LogP) is 5.28. The van der Waals surface area contributed by atoms with Crippen molar-refractivity contribution in [3.63, 3.8) is 0 Å². The van der Waals surface area contributed by atoms with Crippen LogP contribution in [-0.4, -0.2) is 17.5 Å². The molecule has 27 heavy (non-hydrogen) atoms. The number of amides is 1. The van der Waals surface area contributed by atoms with E-state index in [1.54, 1.807) is 0 Å². The molecule has 3 nitrogen and oxygen atoms in total. The highest BCUT2D eigenvalue weighted by atomic mass is 16.6. The molecule has 1 aliphatic rings. The maximum absolute atomic E-state index is 13.0. The predicted molar refractivity (Wildman–Crippen MR) is 107 cm³/mol. The van der Waals surface area contributed by atoms with Gasteiger partial charge in [0.15, 0.2) is 0 Å². The van der Waals surface area contributed by atoms with Crippen LogP contribution in [0.4, 0.5) is 4.79 Å². The Kier molecular flexibility index (Phi) is 4.93. The number of fused-ring (bicyclic) bond motifs is 1. The number of carbonyl (C=O) groups excluding carboxylic acids is 1. The Morgan fingerprint density at radius 1 is 0.926 bits per heavy atom. The summed E-state index contributed by atoms with van der Waals surface area (Å²) in [6.45, 7) is 3.04. The molecule has 0 aromatic heterocycles. The quantitative estimate of drug-likeness (QED) is 0.638. The van der Waals surface area contributed by atoms with Gasteiger partial charge in [-0.1, -0.05) is 78.9 Å². The molecule has 0 saturated heterocycles. The smallest absolute Gasteiger partial charge is 0.410 e. The first-order valence-electron chi connectivity index (χ1n) is 9.34. The van der Waals surface area contributed by atoms with Gasteiger partial charge in [-0.25, -0.2) is 4.79 Å². The molecule has 3 heteroatoms. The number of rotatable bonds is 3. The van der Waals surface area contributed by atoms with Crippen molar-refractivity contribution in [3.05, 3.63) is 107 Å². The van der Waals surface area contributed by atoms with E-state index in [9.17, 15) is 4.79 Å². The van der Waals surface area contributed by atoms with Crippen molar-refractivity contribution >= 4 is 6.09 Å². The molecule has 1 atom stereocenters. The van der Waals surface area contributed by atoms with E-state index in [0.717, 1.165) is 17.5 Å². The Labute approximate surface area is 160 Å². The van der Waals surface area contributed by atoms with Gasteiger partial charge in [-0.05, 0) is 41.2 Å². The number of hydrogen-bond donors (Lipinski definition) is 0. The zero-order valence-corrected chi connectivity index (χ0v) is 15.5. The maximum Gasteiger partial charge on any atom is 0.410 e. The van der Waals surface area contributed by atoms with Crippen LogP contribution in [0.15, 0.2) is 78.9 Å². The molecule has 3 aromatic rings. The lowest BCUT2D eigenvalue weighted by atomic mass is 9.87. The van der Waals surface area contributed by atoms with Gasteiger partial charge in [-0.15, -0.1) is 0 Å². The summed E-state index contributed by atoms with van der Waals surface area (Å²) in [4.78, 5) is 14.8. The first-order chi connectivity index (χ1) is 13.2. The minimum absolute atomic E-state index is 0.112. The van der Waals surface area contributed by atoms with Crippen LogP contribution in [0, 0.1) is 6.92 Å². The fourth-order valence-corrected chi connectivity index (χ4v) is 3.79. The van der Waals surface area contributed by atoms with Crippen molar-refractivity contribution in [2.45, 2.75) is 26.0 Å². The Morgan fingerprint density at radius 2 is 1.59 bits per heavy atom. The fraction of sp³-hybridized carbons (Fsp3) is 0.208. The number of hydrogen-bond acceptors (Lipinski definition) is 2. The van der Waals surface area contributed by atoms with Gasteiger partial charge < -0.3 is 4.74 Å². The van der Waals surface area contributed by atoms with Crippen molar-refractivity contribution in [3.8, 4) is 0 Å². The molecule has 136 valence electrons. The van der Waals surface area contributed by atoms with Crippen molar-refractivity contribution < 1.29 is 9.53 Å². The van der Waals surface area contributed by atoms with Crippen LogP contribution in [0.2, 0.25) is 0 Å². The maximum atomic E-state index is 13.0. The van der Waals surface area contributed by atoms with E-state index in [4.69, 9.17) is 4.74 Å². The van der Waals surface area contributed by atoms with Crippen LogP contribution < -0.4 is 0 Å². The van der Waals surface area contributed by atoms with Crippen LogP contribution >= 0.6 is 0 Å². The van der Waals surface area contributed by atoms with E-state index in [0.29, 0.717) is 6.54 Å². The molecule has 4 rings (SSSR count). The molecule has 0 aliphatic carbocycles. The van der Waals surface area contributed by atoms with Gasteiger partial charge in [0.2, 0.25) is 0 Å². The van der Waals surface area contributed by atoms with E-state index in [1.165, 1.54) is 16.7 Å². The third-order valence-electron chi connectivity index (χ3n) is 5.21. The van der Waals surface area contributed by atoms with Gasteiger partial charge in [0.1, 0.15) is 6.61 Å². The molecule has 0 bridgehead atoms. The van der Waals surface area contributed by atoms with Crippen molar-refractivity contribution in [2.75, 3.05) is 6.54 Å². The summed E-state index contributed by atoms with van der Waals surface area (Å²) in [6.07, 6.45) is 0.584. The molecule has 0 fully saturated rings. The average molecular weight is 357 g/mol. The lowest BCUT2D eigenvalue weighted by Crippen LogP contribution is -2.41. The van der Waals surface area contributed by atoms with E-state index in [-0.39, 0.29) is 18.7 Å². The van der Waals surface area contributed by atoms with Crippen molar-refractivity contribution in [1.29, 1.82) is 0 Å². The fourth-order valence-electron chi connectivity index (χ4n) is 3.79. The molecule has 0 N–H and O–H groups in total. The second-order valence-corrected chi connectivity index (χ2v) is 6.94. The lowest BCUT2D eigenvalue weighted by Gasteiger charge is -2.37. The van der Waals surface area contributed by atoms with Gasteiger partial charge in [0.05, 0.1) is 6.04 Å². The Bertz CT molecular complexity index is 936. The number of ether oxygens (including phenoxy) is 1. The van der Waals surface area contributed by atoms with Crippen LogP contribution in [0.5, 0.6) is 0 Å². The molecule has 0 spiro atoms. The minimum atomic E-state index is -0.262. The van der Waals surface area contributed by atoms with Crippen LogP contribution in [0.25, 0.3) is 0 Å². The highest BCUT2D eigenvalue weighted by Crippen LogP contribution is 2.36. The highest BCUT2D eigenvalue weighted by molar-refractivity contribution is 5.70. The molecular formula is C24H23NO2. The second-order valence-electron chi connectivity index (χ2n) is 6.94. The van der Waals surface area contributed by atoms with E-state index >= 15 is 0 Å². The van der Waals surface area contributed by atoms with Gasteiger partial charge in [-0.3, -0.25) is 4.90 Å². The molecule has 1 unspecified atom stereocenters. The van der Waals surface area contributed by atoms with Gasteiger partial charge in [0.25, 0.3) is 0 Å². The third-order valence-corrected chi connectivity index (χ3v) is 5.21. The molecule has 3 aromatic carbocycles. The van der Waals surface area contributed by atoms with Crippen LogP contribution in [0.1, 0.15) is 33.9 Å².